The van der Waals surface area contributed by atoms with E-state index in [-0.39, 0.29) is 61.8 Å². The summed E-state index contributed by atoms with van der Waals surface area (Å²) in [4.78, 5) is 0. The van der Waals surface area contributed by atoms with E-state index < -0.39 is 84.6 Å². The minimum absolute atomic E-state index is 0.00882. The molecule has 0 aliphatic heterocycles. The number of hydrogen-bond acceptors (Lipinski definition) is 1. The maximum Gasteiger partial charge on any atom is 0.135 e. The zero-order chi connectivity index (χ0) is 37.9. The molecule has 0 amide bonds. The zero-order valence-electron chi connectivity index (χ0n) is 34.4. The number of furan rings is 1. The number of hydrogen-bond donors (Lipinski definition) is 0. The average molecular weight is 513 g/mol. The standard InChI is InChI=1S/C38H26O/c1-2-11-27-22-25(20-21-26(27)10-1)23-34-29-13-3-5-15-31(29)35(32-16-6-4-14-30(32)34)24-28-12-9-19-37-38(28)33-17-7-8-18-36(33)39-37/h1-22H,23-24H2/i1D,2D,3D,4D,5D,6D,10D,11D,13D,14D,15D,16D,20D,21D. The third-order valence-electron chi connectivity index (χ3n) is 7.19. The van der Waals surface area contributed by atoms with E-state index >= 15 is 0 Å². The Bertz CT molecular complexity index is 2870. The van der Waals surface area contributed by atoms with Crippen LogP contribution in [0.15, 0.2) is 138 Å². The van der Waals surface area contributed by atoms with Crippen LogP contribution in [0, 0.1) is 0 Å². The van der Waals surface area contributed by atoms with Gasteiger partial charge in [0.15, 0.2) is 0 Å². The first kappa shape index (κ1) is 12.3. The maximum absolute atomic E-state index is 9.20. The molecule has 0 radical (unpaired) electrons. The highest BCUT2D eigenvalue weighted by atomic mass is 16.3. The molecule has 0 saturated heterocycles. The van der Waals surface area contributed by atoms with Crippen LogP contribution in [0.3, 0.4) is 0 Å². The van der Waals surface area contributed by atoms with Gasteiger partial charge < -0.3 is 4.42 Å². The summed E-state index contributed by atoms with van der Waals surface area (Å²) in [5, 5.41) is 1.40. The average Bonchev–Trinajstić information content (AvgIpc) is 3.54. The summed E-state index contributed by atoms with van der Waals surface area (Å²) in [5.74, 6) is 0. The number of rotatable bonds is 4. The predicted octanol–water partition coefficient (Wildman–Crippen LogP) is 10.2. The van der Waals surface area contributed by atoms with E-state index in [9.17, 15) is 5.48 Å². The van der Waals surface area contributed by atoms with Crippen LogP contribution < -0.4 is 0 Å². The van der Waals surface area contributed by atoms with Crippen molar-refractivity contribution in [3.05, 3.63) is 155 Å². The molecule has 1 heterocycles. The highest BCUT2D eigenvalue weighted by Gasteiger charge is 2.17. The van der Waals surface area contributed by atoms with Crippen LogP contribution in [0.5, 0.6) is 0 Å². The van der Waals surface area contributed by atoms with Gasteiger partial charge in [0, 0.05) is 10.8 Å². The van der Waals surface area contributed by atoms with Crippen molar-refractivity contribution in [3.63, 3.8) is 0 Å². The van der Waals surface area contributed by atoms with Gasteiger partial charge in [-0.3, -0.25) is 0 Å². The largest absolute Gasteiger partial charge is 0.456 e. The molecule has 1 heteroatoms. The van der Waals surface area contributed by atoms with Gasteiger partial charge in [-0.05, 0) is 79.5 Å². The molecule has 8 rings (SSSR count). The van der Waals surface area contributed by atoms with Crippen LogP contribution in [-0.4, -0.2) is 0 Å². The van der Waals surface area contributed by atoms with E-state index in [0.29, 0.717) is 16.7 Å². The summed E-state index contributed by atoms with van der Waals surface area (Å²) in [6.45, 7) is 0. The van der Waals surface area contributed by atoms with E-state index in [2.05, 4.69) is 0 Å². The fraction of sp³-hybridized carbons (Fsp3) is 0.0526. The van der Waals surface area contributed by atoms with Gasteiger partial charge in [-0.15, -0.1) is 0 Å². The van der Waals surface area contributed by atoms with Crippen molar-refractivity contribution < 1.29 is 23.6 Å². The molecule has 1 nitrogen and oxygen atoms in total. The van der Waals surface area contributed by atoms with Gasteiger partial charge in [0.25, 0.3) is 0 Å². The van der Waals surface area contributed by atoms with Crippen LogP contribution in [-0.2, 0) is 12.8 Å². The zero-order valence-corrected chi connectivity index (χ0v) is 20.4. The van der Waals surface area contributed by atoms with Gasteiger partial charge in [-0.2, -0.15) is 0 Å². The molecule has 0 unspecified atom stereocenters. The van der Waals surface area contributed by atoms with Crippen LogP contribution in [0.1, 0.15) is 41.4 Å². The Morgan fingerprint density at radius 1 is 0.513 bits per heavy atom. The summed E-state index contributed by atoms with van der Waals surface area (Å²) in [6, 6.07) is 7.35. The molecule has 8 aromatic rings. The van der Waals surface area contributed by atoms with Crippen LogP contribution in [0.4, 0.5) is 0 Å². The minimum atomic E-state index is -0.572. The van der Waals surface area contributed by atoms with E-state index in [0.717, 1.165) is 10.8 Å². The monoisotopic (exact) mass is 512 g/mol. The van der Waals surface area contributed by atoms with Gasteiger partial charge in [0.05, 0.1) is 19.2 Å². The molecule has 0 N–H and O–H groups in total. The molecule has 1 aromatic heterocycles. The Kier molecular flexibility index (Phi) is 2.80. The second-order valence-electron chi connectivity index (χ2n) is 9.41. The first-order chi connectivity index (χ1) is 25.1. The molecule has 0 saturated carbocycles. The molecular formula is C38H26O. The summed E-state index contributed by atoms with van der Waals surface area (Å²) >= 11 is 0. The van der Waals surface area contributed by atoms with Crippen molar-refractivity contribution >= 4 is 54.3 Å². The number of para-hydroxylation sites is 1. The lowest BCUT2D eigenvalue weighted by atomic mass is 9.86. The Labute approximate surface area is 246 Å². The lowest BCUT2D eigenvalue weighted by molar-refractivity contribution is 0.668. The highest BCUT2D eigenvalue weighted by molar-refractivity contribution is 6.09. The molecule has 0 spiro atoms. The molecule has 184 valence electrons. The molecule has 0 aliphatic carbocycles. The third kappa shape index (κ3) is 3.62. The second kappa shape index (κ2) is 8.85. The Hall–Kier alpha value is -4.88. The fourth-order valence-corrected chi connectivity index (χ4v) is 5.49. The van der Waals surface area contributed by atoms with Crippen molar-refractivity contribution in [2.75, 3.05) is 0 Å². The SMILES string of the molecule is [2H]c1c([2H])c([2H])c2c([2H])c([2H])c(Cc3c4c([2H])c([2H])c([2H])c([2H])c4c(Cc4cccc5oc6ccccc6c45)c4c([2H])c([2H])c([2H])c([2H])c34)cc2c1[2H]. The predicted molar refractivity (Wildman–Crippen MR) is 165 cm³/mol. The smallest absolute Gasteiger partial charge is 0.135 e. The lowest BCUT2D eigenvalue weighted by Crippen LogP contribution is -1.99. The number of fused-ring (bicyclic) bond motifs is 6. The molecule has 0 bridgehead atoms. The summed E-state index contributed by atoms with van der Waals surface area (Å²) in [7, 11) is 0. The second-order valence-corrected chi connectivity index (χ2v) is 9.41. The van der Waals surface area contributed by atoms with Crippen LogP contribution in [0.2, 0.25) is 0 Å². The molecule has 0 atom stereocenters. The maximum atomic E-state index is 9.20. The van der Waals surface area contributed by atoms with E-state index in [1.165, 1.54) is 6.07 Å². The quantitative estimate of drug-likeness (QED) is 0.214. The summed E-state index contributed by atoms with van der Waals surface area (Å²) < 4.78 is 129. The molecule has 0 aliphatic rings. The van der Waals surface area contributed by atoms with Gasteiger partial charge in [-0.25, -0.2) is 0 Å². The van der Waals surface area contributed by atoms with Gasteiger partial charge in [-0.1, -0.05) is 121 Å². The summed E-state index contributed by atoms with van der Waals surface area (Å²) in [6.07, 6.45) is -0.367. The fourth-order valence-electron chi connectivity index (χ4n) is 5.49. The lowest BCUT2D eigenvalue weighted by Gasteiger charge is -2.18. The van der Waals surface area contributed by atoms with Crippen molar-refractivity contribution in [2.45, 2.75) is 12.8 Å². The summed E-state index contributed by atoms with van der Waals surface area (Å²) in [5.41, 5.74) is 2.27. The number of benzene rings is 7. The van der Waals surface area contributed by atoms with Crippen LogP contribution >= 0.6 is 0 Å². The van der Waals surface area contributed by atoms with Gasteiger partial charge >= 0.3 is 0 Å². The van der Waals surface area contributed by atoms with Gasteiger partial charge in [0.2, 0.25) is 0 Å². The highest BCUT2D eigenvalue weighted by Crippen LogP contribution is 2.38. The molecule has 0 fully saturated rings. The Balaban J connectivity index is 1.53. The first-order valence-electron chi connectivity index (χ1n) is 19.5. The molecule has 7 aromatic carbocycles. The third-order valence-corrected chi connectivity index (χ3v) is 7.19. The Morgan fingerprint density at radius 2 is 1.13 bits per heavy atom. The van der Waals surface area contributed by atoms with Crippen molar-refractivity contribution in [2.24, 2.45) is 0 Å². The van der Waals surface area contributed by atoms with E-state index in [1.807, 2.05) is 30.3 Å². The molecule has 39 heavy (non-hydrogen) atoms. The van der Waals surface area contributed by atoms with Crippen LogP contribution in [0.25, 0.3) is 54.3 Å². The Morgan fingerprint density at radius 3 is 1.87 bits per heavy atom. The van der Waals surface area contributed by atoms with E-state index in [4.69, 9.17) is 18.1 Å². The minimum Gasteiger partial charge on any atom is -0.456 e. The van der Waals surface area contributed by atoms with Crippen molar-refractivity contribution in [1.29, 1.82) is 0 Å². The van der Waals surface area contributed by atoms with E-state index in [1.54, 1.807) is 12.1 Å². The molecular weight excluding hydrogens is 472 g/mol. The normalized spacial score (nSPS) is 16.8. The first-order valence-corrected chi connectivity index (χ1v) is 12.5. The van der Waals surface area contributed by atoms with Gasteiger partial charge in [0.1, 0.15) is 11.2 Å². The van der Waals surface area contributed by atoms with Crippen molar-refractivity contribution in [1.82, 2.24) is 0 Å². The van der Waals surface area contributed by atoms with Crippen molar-refractivity contribution in [3.8, 4) is 0 Å². The topological polar surface area (TPSA) is 13.1 Å².